The largest absolute Gasteiger partial charge is 0.326 e. The van der Waals surface area contributed by atoms with E-state index < -0.39 is 0 Å². The molecule has 0 fully saturated rings. The first-order valence-electron chi connectivity index (χ1n) is 4.01. The van der Waals surface area contributed by atoms with Crippen LogP contribution in [-0.2, 0) is 7.05 Å². The van der Waals surface area contributed by atoms with Gasteiger partial charge in [-0.15, -0.1) is 0 Å². The first kappa shape index (κ1) is 9.86. The fraction of sp³-hybridized carbons (Fsp3) is 0.200. The molecule has 0 N–H and O–H groups in total. The molecule has 0 saturated heterocycles. The first-order chi connectivity index (χ1) is 6.20. The van der Waals surface area contributed by atoms with Gasteiger partial charge >= 0.3 is 0 Å². The van der Waals surface area contributed by atoms with Crippen LogP contribution in [0.4, 0.5) is 0 Å². The van der Waals surface area contributed by atoms with Gasteiger partial charge in [0.05, 0.1) is 12.0 Å². The van der Waals surface area contributed by atoms with Gasteiger partial charge in [0.25, 0.3) is 0 Å². The normalized spacial score (nSPS) is 10.6. The van der Waals surface area contributed by atoms with Crippen molar-refractivity contribution in [3.8, 4) is 0 Å². The van der Waals surface area contributed by atoms with Gasteiger partial charge in [-0.1, -0.05) is 30.9 Å². The molecule has 0 saturated carbocycles. The van der Waals surface area contributed by atoms with Crippen molar-refractivity contribution < 1.29 is 0 Å². The van der Waals surface area contributed by atoms with E-state index in [9.17, 15) is 0 Å². The van der Waals surface area contributed by atoms with Crippen LogP contribution in [0.15, 0.2) is 19.0 Å². The van der Waals surface area contributed by atoms with E-state index in [4.69, 9.17) is 12.2 Å². The molecular weight excluding hydrogens is 180 g/mol. The van der Waals surface area contributed by atoms with Gasteiger partial charge in [-0.05, 0) is 13.0 Å². The highest BCUT2D eigenvalue weighted by Gasteiger charge is 2.00. The van der Waals surface area contributed by atoms with Crippen molar-refractivity contribution in [2.75, 3.05) is 0 Å². The second-order valence-corrected chi connectivity index (χ2v) is 3.05. The van der Waals surface area contributed by atoms with Gasteiger partial charge < -0.3 is 4.57 Å². The lowest BCUT2D eigenvalue weighted by Crippen LogP contribution is -1.99. The Morgan fingerprint density at radius 2 is 2.31 bits per heavy atom. The smallest absolute Gasteiger partial charge is 0.116 e. The molecule has 13 heavy (non-hydrogen) atoms. The van der Waals surface area contributed by atoms with Crippen molar-refractivity contribution in [3.05, 3.63) is 34.9 Å². The molecule has 68 valence electrons. The van der Waals surface area contributed by atoms with E-state index in [-0.39, 0.29) is 0 Å². The van der Waals surface area contributed by atoms with Crippen molar-refractivity contribution in [1.82, 2.24) is 9.55 Å². The highest BCUT2D eigenvalue weighted by Crippen LogP contribution is 2.10. The van der Waals surface area contributed by atoms with Gasteiger partial charge in [0.2, 0.25) is 0 Å². The van der Waals surface area contributed by atoms with Crippen LogP contribution in [0.3, 0.4) is 0 Å². The van der Waals surface area contributed by atoms with Gasteiger partial charge in [-0.3, -0.25) is 0 Å². The van der Waals surface area contributed by atoms with E-state index in [2.05, 4.69) is 11.6 Å². The Hall–Kier alpha value is -1.22. The monoisotopic (exact) mass is 192 g/mol. The molecule has 1 rings (SSSR count). The molecule has 0 spiro atoms. The van der Waals surface area contributed by atoms with Crippen LogP contribution in [0.5, 0.6) is 0 Å². The molecule has 1 aromatic rings. The maximum Gasteiger partial charge on any atom is 0.116 e. The van der Waals surface area contributed by atoms with E-state index in [0.717, 1.165) is 15.9 Å². The van der Waals surface area contributed by atoms with Crippen molar-refractivity contribution in [2.24, 2.45) is 7.05 Å². The fourth-order valence-corrected chi connectivity index (χ4v) is 1.28. The molecule has 2 nitrogen and oxygen atoms in total. The summed E-state index contributed by atoms with van der Waals surface area (Å²) in [6.45, 7) is 5.65. The molecule has 0 radical (unpaired) electrons. The Balaban J connectivity index is 3.50. The van der Waals surface area contributed by atoms with E-state index in [1.165, 1.54) is 0 Å². The average Bonchev–Trinajstić information content (AvgIpc) is 2.14. The third-order valence-electron chi connectivity index (χ3n) is 1.72. The lowest BCUT2D eigenvalue weighted by atomic mass is 10.2. The molecule has 0 aromatic carbocycles. The Bertz CT molecular complexity index is 402. The third-order valence-corrected chi connectivity index (χ3v) is 2.23. The number of hydrogen-bond acceptors (Lipinski definition) is 2. The maximum absolute atomic E-state index is 5.24. The second kappa shape index (κ2) is 4.14. The molecule has 0 amide bonds. The number of nitrogens with zero attached hydrogens (tertiary/aromatic N) is 2. The van der Waals surface area contributed by atoms with Crippen molar-refractivity contribution >= 4 is 24.4 Å². The van der Waals surface area contributed by atoms with Gasteiger partial charge in [-0.25, -0.2) is 4.98 Å². The molecule has 0 unspecified atom stereocenters. The maximum atomic E-state index is 5.24. The van der Waals surface area contributed by atoms with Crippen LogP contribution in [0.1, 0.15) is 18.2 Å². The standard InChI is InChI=1S/C10H12N2S/c1-4-6-8-9(5-2)11-7-12(3)10(8)13/h4-7H,2H2,1,3H3/b6-4-. The zero-order valence-corrected chi connectivity index (χ0v) is 8.64. The SMILES string of the molecule is C=Cc1ncn(C)c(=S)c1/C=C\C. The van der Waals surface area contributed by atoms with Gasteiger partial charge in [0.1, 0.15) is 4.64 Å². The number of allylic oxidation sites excluding steroid dienone is 1. The Morgan fingerprint density at radius 1 is 1.62 bits per heavy atom. The van der Waals surface area contributed by atoms with Crippen LogP contribution in [-0.4, -0.2) is 9.55 Å². The van der Waals surface area contributed by atoms with Crippen LogP contribution < -0.4 is 0 Å². The quantitative estimate of drug-likeness (QED) is 0.670. The average molecular weight is 192 g/mol. The van der Waals surface area contributed by atoms with Gasteiger partial charge in [-0.2, -0.15) is 0 Å². The molecule has 0 aliphatic carbocycles. The zero-order valence-electron chi connectivity index (χ0n) is 7.82. The van der Waals surface area contributed by atoms with Gasteiger partial charge in [0.15, 0.2) is 0 Å². The summed E-state index contributed by atoms with van der Waals surface area (Å²) in [5.74, 6) is 0. The molecule has 0 aliphatic rings. The van der Waals surface area contributed by atoms with E-state index in [0.29, 0.717) is 0 Å². The number of rotatable bonds is 2. The topological polar surface area (TPSA) is 17.8 Å². The summed E-state index contributed by atoms with van der Waals surface area (Å²) in [6, 6.07) is 0. The lowest BCUT2D eigenvalue weighted by Gasteiger charge is -2.04. The predicted octanol–water partition coefficient (Wildman–Crippen LogP) is 2.83. The number of hydrogen-bond donors (Lipinski definition) is 0. The van der Waals surface area contributed by atoms with Crippen molar-refractivity contribution in [1.29, 1.82) is 0 Å². The van der Waals surface area contributed by atoms with Crippen molar-refractivity contribution in [3.63, 3.8) is 0 Å². The van der Waals surface area contributed by atoms with E-state index in [1.807, 2.05) is 30.7 Å². The van der Waals surface area contributed by atoms with Gasteiger partial charge in [0, 0.05) is 12.6 Å². The fourth-order valence-electron chi connectivity index (χ4n) is 1.06. The van der Waals surface area contributed by atoms with E-state index >= 15 is 0 Å². The third kappa shape index (κ3) is 1.92. The minimum Gasteiger partial charge on any atom is -0.326 e. The Labute approximate surface area is 83.2 Å². The number of aryl methyl sites for hydroxylation is 1. The van der Waals surface area contributed by atoms with E-state index in [1.54, 1.807) is 12.4 Å². The highest BCUT2D eigenvalue weighted by atomic mass is 32.1. The van der Waals surface area contributed by atoms with Crippen LogP contribution in [0, 0.1) is 4.64 Å². The second-order valence-electron chi connectivity index (χ2n) is 2.66. The minimum absolute atomic E-state index is 0.781. The van der Waals surface area contributed by atoms with Crippen LogP contribution >= 0.6 is 12.2 Å². The Kier molecular flexibility index (Phi) is 3.14. The summed E-state index contributed by atoms with van der Waals surface area (Å²) in [5, 5.41) is 0. The summed E-state index contributed by atoms with van der Waals surface area (Å²) in [4.78, 5) is 4.20. The molecule has 0 bridgehead atoms. The summed E-state index contributed by atoms with van der Waals surface area (Å²) in [7, 11) is 1.88. The Morgan fingerprint density at radius 3 is 2.85 bits per heavy atom. The van der Waals surface area contributed by atoms with Crippen molar-refractivity contribution in [2.45, 2.75) is 6.92 Å². The first-order valence-corrected chi connectivity index (χ1v) is 4.42. The zero-order chi connectivity index (χ0) is 9.84. The summed E-state index contributed by atoms with van der Waals surface area (Å²) in [5.41, 5.74) is 1.79. The molecule has 1 heterocycles. The summed E-state index contributed by atoms with van der Waals surface area (Å²) >= 11 is 5.24. The van der Waals surface area contributed by atoms with Crippen LogP contribution in [0.25, 0.3) is 12.2 Å². The molecule has 0 aliphatic heterocycles. The molecule has 0 atom stereocenters. The summed E-state index contributed by atoms with van der Waals surface area (Å²) in [6.07, 6.45) is 7.31. The highest BCUT2D eigenvalue weighted by molar-refractivity contribution is 7.71. The molecule has 3 heteroatoms. The van der Waals surface area contributed by atoms with Crippen LogP contribution in [0.2, 0.25) is 0 Å². The summed E-state index contributed by atoms with van der Waals surface area (Å²) < 4.78 is 2.60. The molecule has 1 aromatic heterocycles. The minimum atomic E-state index is 0.781. The predicted molar refractivity (Wildman–Crippen MR) is 58.8 cm³/mol. The lowest BCUT2D eigenvalue weighted by molar-refractivity contribution is 0.842. The number of aromatic nitrogens is 2. The molecular formula is C10H12N2S.